The van der Waals surface area contributed by atoms with Crippen molar-refractivity contribution in [2.24, 2.45) is 0 Å². The molecule has 1 aliphatic rings. The Kier molecular flexibility index (Phi) is 2.59. The van der Waals surface area contributed by atoms with E-state index in [1.807, 2.05) is 19.1 Å². The van der Waals surface area contributed by atoms with E-state index in [4.69, 9.17) is 10.5 Å². The minimum absolute atomic E-state index is 0.457. The molecule has 14 heavy (non-hydrogen) atoms. The molecule has 0 spiro atoms. The Morgan fingerprint density at radius 1 is 1.50 bits per heavy atom. The maximum atomic E-state index is 5.74. The van der Waals surface area contributed by atoms with Crippen molar-refractivity contribution in [3.8, 4) is 0 Å². The molecule has 1 unspecified atom stereocenters. The molecular formula is C11H16N2O. The summed E-state index contributed by atoms with van der Waals surface area (Å²) in [6.07, 6.45) is 1.09. The van der Waals surface area contributed by atoms with Gasteiger partial charge in [0.25, 0.3) is 0 Å². The molecule has 3 heteroatoms. The third-order valence-corrected chi connectivity index (χ3v) is 2.57. The average Bonchev–Trinajstić information content (AvgIpc) is 2.64. The van der Waals surface area contributed by atoms with Crippen molar-refractivity contribution in [3.63, 3.8) is 0 Å². The molecule has 0 radical (unpaired) electrons. The van der Waals surface area contributed by atoms with E-state index in [1.54, 1.807) is 0 Å². The van der Waals surface area contributed by atoms with Crippen LogP contribution in [0.3, 0.4) is 0 Å². The summed E-state index contributed by atoms with van der Waals surface area (Å²) in [6.45, 7) is 3.70. The first-order valence-electron chi connectivity index (χ1n) is 4.96. The van der Waals surface area contributed by atoms with Crippen LogP contribution in [-0.2, 0) is 4.74 Å². The van der Waals surface area contributed by atoms with Crippen LogP contribution in [0, 0.1) is 6.92 Å². The lowest BCUT2D eigenvalue weighted by atomic mass is 10.1. The Labute approximate surface area is 84.3 Å². The van der Waals surface area contributed by atoms with Crippen molar-refractivity contribution in [2.75, 3.05) is 24.3 Å². The van der Waals surface area contributed by atoms with Crippen LogP contribution in [0.25, 0.3) is 0 Å². The predicted octanol–water partition coefficient (Wildman–Crippen LogP) is 1.78. The van der Waals surface area contributed by atoms with E-state index in [1.165, 1.54) is 0 Å². The summed E-state index contributed by atoms with van der Waals surface area (Å²) in [5, 5.41) is 3.43. The monoisotopic (exact) mass is 192 g/mol. The summed E-state index contributed by atoms with van der Waals surface area (Å²) in [5.41, 5.74) is 8.84. The molecule has 0 amide bonds. The van der Waals surface area contributed by atoms with Crippen molar-refractivity contribution in [3.05, 3.63) is 23.8 Å². The van der Waals surface area contributed by atoms with E-state index in [0.717, 1.165) is 36.6 Å². The lowest BCUT2D eigenvalue weighted by molar-refractivity contribution is 0.195. The van der Waals surface area contributed by atoms with Crippen LogP contribution in [0.2, 0.25) is 0 Å². The van der Waals surface area contributed by atoms with Crippen LogP contribution >= 0.6 is 0 Å². The predicted molar refractivity (Wildman–Crippen MR) is 58.4 cm³/mol. The number of nitrogen functional groups attached to an aromatic ring is 1. The highest BCUT2D eigenvalue weighted by molar-refractivity contribution is 5.57. The van der Waals surface area contributed by atoms with Crippen molar-refractivity contribution < 1.29 is 4.74 Å². The van der Waals surface area contributed by atoms with Gasteiger partial charge in [-0.05, 0) is 37.1 Å². The third-order valence-electron chi connectivity index (χ3n) is 2.57. The highest BCUT2D eigenvalue weighted by Crippen LogP contribution is 2.19. The Bertz CT molecular complexity index is 319. The quantitative estimate of drug-likeness (QED) is 0.702. The van der Waals surface area contributed by atoms with Gasteiger partial charge in [-0.1, -0.05) is 0 Å². The zero-order valence-electron chi connectivity index (χ0n) is 8.42. The highest BCUT2D eigenvalue weighted by Gasteiger charge is 2.14. The third kappa shape index (κ3) is 1.99. The van der Waals surface area contributed by atoms with E-state index in [-0.39, 0.29) is 0 Å². The second kappa shape index (κ2) is 3.88. The SMILES string of the molecule is Cc1cc(NC2CCOC2)ccc1N. The smallest absolute Gasteiger partial charge is 0.0668 e. The number of nitrogens with two attached hydrogens (primary N) is 1. The van der Waals surface area contributed by atoms with Crippen molar-refractivity contribution in [1.29, 1.82) is 0 Å². The molecule has 3 nitrogen and oxygen atoms in total. The van der Waals surface area contributed by atoms with Gasteiger partial charge in [-0.25, -0.2) is 0 Å². The summed E-state index contributed by atoms with van der Waals surface area (Å²) in [4.78, 5) is 0. The van der Waals surface area contributed by atoms with Crippen molar-refractivity contribution in [2.45, 2.75) is 19.4 Å². The van der Waals surface area contributed by atoms with E-state index in [2.05, 4.69) is 11.4 Å². The molecule has 0 aromatic heterocycles. The Morgan fingerprint density at radius 2 is 2.36 bits per heavy atom. The van der Waals surface area contributed by atoms with Crippen LogP contribution in [0.4, 0.5) is 11.4 Å². The second-order valence-corrected chi connectivity index (χ2v) is 3.78. The van der Waals surface area contributed by atoms with Crippen LogP contribution in [-0.4, -0.2) is 19.3 Å². The van der Waals surface area contributed by atoms with E-state index in [0.29, 0.717) is 6.04 Å². The molecular weight excluding hydrogens is 176 g/mol. The molecule has 1 fully saturated rings. The van der Waals surface area contributed by atoms with E-state index < -0.39 is 0 Å². The van der Waals surface area contributed by atoms with Gasteiger partial charge in [0, 0.05) is 18.0 Å². The Morgan fingerprint density at radius 3 is 3.00 bits per heavy atom. The summed E-state index contributed by atoms with van der Waals surface area (Å²) in [5.74, 6) is 0. The first-order valence-corrected chi connectivity index (χ1v) is 4.96. The van der Waals surface area contributed by atoms with Gasteiger partial charge < -0.3 is 15.8 Å². The van der Waals surface area contributed by atoms with Gasteiger partial charge in [0.2, 0.25) is 0 Å². The normalized spacial score (nSPS) is 21.1. The number of anilines is 2. The van der Waals surface area contributed by atoms with E-state index in [9.17, 15) is 0 Å². The molecule has 1 saturated heterocycles. The standard InChI is InChI=1S/C11H16N2O/c1-8-6-9(2-3-11(8)12)13-10-4-5-14-7-10/h2-3,6,10,13H,4-5,7,12H2,1H3. The second-order valence-electron chi connectivity index (χ2n) is 3.78. The van der Waals surface area contributed by atoms with Crippen LogP contribution in [0.5, 0.6) is 0 Å². The van der Waals surface area contributed by atoms with Gasteiger partial charge in [0.15, 0.2) is 0 Å². The first kappa shape index (κ1) is 9.34. The molecule has 0 saturated carbocycles. The van der Waals surface area contributed by atoms with Crippen molar-refractivity contribution in [1.82, 2.24) is 0 Å². The summed E-state index contributed by atoms with van der Waals surface area (Å²) < 4.78 is 5.30. The zero-order chi connectivity index (χ0) is 9.97. The average molecular weight is 192 g/mol. The minimum atomic E-state index is 0.457. The topological polar surface area (TPSA) is 47.3 Å². The van der Waals surface area contributed by atoms with Gasteiger partial charge in [-0.2, -0.15) is 0 Å². The lowest BCUT2D eigenvalue weighted by Gasteiger charge is -2.13. The fourth-order valence-electron chi connectivity index (χ4n) is 1.65. The number of hydrogen-bond acceptors (Lipinski definition) is 3. The van der Waals surface area contributed by atoms with E-state index >= 15 is 0 Å². The lowest BCUT2D eigenvalue weighted by Crippen LogP contribution is -2.18. The molecule has 1 atom stereocenters. The first-order chi connectivity index (χ1) is 6.75. The van der Waals surface area contributed by atoms with Gasteiger partial charge >= 0.3 is 0 Å². The van der Waals surface area contributed by atoms with Crippen LogP contribution in [0.1, 0.15) is 12.0 Å². The molecule has 0 aliphatic carbocycles. The largest absolute Gasteiger partial charge is 0.399 e. The number of aryl methyl sites for hydroxylation is 1. The molecule has 3 N–H and O–H groups in total. The Balaban J connectivity index is 2.05. The summed E-state index contributed by atoms with van der Waals surface area (Å²) >= 11 is 0. The number of benzene rings is 1. The van der Waals surface area contributed by atoms with Gasteiger partial charge in [0.05, 0.1) is 12.6 Å². The van der Waals surface area contributed by atoms with Gasteiger partial charge in [-0.15, -0.1) is 0 Å². The molecule has 1 aliphatic heterocycles. The van der Waals surface area contributed by atoms with Crippen LogP contribution in [0.15, 0.2) is 18.2 Å². The maximum absolute atomic E-state index is 5.74. The highest BCUT2D eigenvalue weighted by atomic mass is 16.5. The summed E-state index contributed by atoms with van der Waals surface area (Å²) in [6, 6.07) is 6.49. The fourth-order valence-corrected chi connectivity index (χ4v) is 1.65. The summed E-state index contributed by atoms with van der Waals surface area (Å²) in [7, 11) is 0. The van der Waals surface area contributed by atoms with Gasteiger partial charge in [-0.3, -0.25) is 0 Å². The maximum Gasteiger partial charge on any atom is 0.0668 e. The molecule has 1 aromatic carbocycles. The number of rotatable bonds is 2. The molecule has 1 aromatic rings. The van der Waals surface area contributed by atoms with Crippen molar-refractivity contribution >= 4 is 11.4 Å². The number of hydrogen-bond donors (Lipinski definition) is 2. The number of ether oxygens (including phenoxy) is 1. The molecule has 76 valence electrons. The molecule has 1 heterocycles. The van der Waals surface area contributed by atoms with Gasteiger partial charge in [0.1, 0.15) is 0 Å². The Hall–Kier alpha value is -1.22. The zero-order valence-corrected chi connectivity index (χ0v) is 8.42. The molecule has 2 rings (SSSR count). The van der Waals surface area contributed by atoms with Crippen LogP contribution < -0.4 is 11.1 Å². The number of nitrogens with one attached hydrogen (secondary N) is 1. The molecule has 0 bridgehead atoms. The minimum Gasteiger partial charge on any atom is -0.399 e. The fraction of sp³-hybridized carbons (Fsp3) is 0.455.